The highest BCUT2D eigenvalue weighted by Gasteiger charge is 2.03. The van der Waals surface area contributed by atoms with Crippen LogP contribution in [-0.2, 0) is 0 Å². The van der Waals surface area contributed by atoms with Gasteiger partial charge in [0.1, 0.15) is 0 Å². The predicted octanol–water partition coefficient (Wildman–Crippen LogP) is 0.154. The van der Waals surface area contributed by atoms with E-state index >= 15 is 0 Å². The molecule has 1 aliphatic rings. The summed E-state index contributed by atoms with van der Waals surface area (Å²) in [6, 6.07) is 0. The molecule has 0 bridgehead atoms. The third-order valence-electron chi connectivity index (χ3n) is 1.02. The Morgan fingerprint density at radius 1 is 1.71 bits per heavy atom. The van der Waals surface area contributed by atoms with Crippen LogP contribution < -0.4 is 5.43 Å². The molecule has 0 radical (unpaired) electrons. The third kappa shape index (κ3) is 1.11. The van der Waals surface area contributed by atoms with E-state index in [0.29, 0.717) is 0 Å². The standard InChI is InChI=1S/C4H8N2S/c7-4-6-3-1-2-5-6/h4-5H,1-3H2. The number of hydrogen-bond donors (Lipinski definition) is 1. The lowest BCUT2D eigenvalue weighted by Gasteiger charge is -2.06. The second-order valence-corrected chi connectivity index (χ2v) is 1.77. The Morgan fingerprint density at radius 3 is 2.86 bits per heavy atom. The molecular formula is C4H8N2S. The normalized spacial score (nSPS) is 20.3. The van der Waals surface area contributed by atoms with Crippen LogP contribution in [0.1, 0.15) is 6.42 Å². The van der Waals surface area contributed by atoms with E-state index in [4.69, 9.17) is 0 Å². The van der Waals surface area contributed by atoms with Crippen LogP contribution in [-0.4, -0.2) is 23.6 Å². The Hall–Kier alpha value is -0.150. The van der Waals surface area contributed by atoms with E-state index in [-0.39, 0.29) is 0 Å². The topological polar surface area (TPSA) is 15.3 Å². The first kappa shape index (κ1) is 5.00. The first-order chi connectivity index (χ1) is 3.43. The van der Waals surface area contributed by atoms with Crippen molar-refractivity contribution >= 4 is 17.7 Å². The fraction of sp³-hybridized carbons (Fsp3) is 0.750. The van der Waals surface area contributed by atoms with E-state index in [1.54, 1.807) is 5.49 Å². The van der Waals surface area contributed by atoms with Crippen LogP contribution in [0.4, 0.5) is 0 Å². The summed E-state index contributed by atoms with van der Waals surface area (Å²) < 4.78 is 0. The van der Waals surface area contributed by atoms with E-state index in [1.807, 2.05) is 5.01 Å². The molecule has 0 spiro atoms. The van der Waals surface area contributed by atoms with Gasteiger partial charge in [-0.05, 0) is 6.42 Å². The minimum Gasteiger partial charge on any atom is -0.305 e. The maximum Gasteiger partial charge on any atom is 0.0787 e. The van der Waals surface area contributed by atoms with Crippen LogP contribution in [0.2, 0.25) is 0 Å². The monoisotopic (exact) mass is 116 g/mol. The van der Waals surface area contributed by atoms with Crippen LogP contribution in [0.25, 0.3) is 0 Å². The molecule has 0 atom stereocenters. The fourth-order valence-corrected chi connectivity index (χ4v) is 0.821. The number of hydrazine groups is 1. The highest BCUT2D eigenvalue weighted by molar-refractivity contribution is 7.78. The molecule has 1 aliphatic heterocycles. The van der Waals surface area contributed by atoms with Gasteiger partial charge in [-0.3, -0.25) is 0 Å². The van der Waals surface area contributed by atoms with Crippen LogP contribution in [0.15, 0.2) is 0 Å². The van der Waals surface area contributed by atoms with E-state index in [0.717, 1.165) is 13.1 Å². The second kappa shape index (κ2) is 2.23. The van der Waals surface area contributed by atoms with Gasteiger partial charge in [0.25, 0.3) is 0 Å². The Labute approximate surface area is 48.5 Å². The van der Waals surface area contributed by atoms with Gasteiger partial charge in [0.15, 0.2) is 0 Å². The second-order valence-electron chi connectivity index (χ2n) is 1.56. The van der Waals surface area contributed by atoms with Gasteiger partial charge in [0, 0.05) is 13.1 Å². The van der Waals surface area contributed by atoms with E-state index in [2.05, 4.69) is 17.6 Å². The Morgan fingerprint density at radius 2 is 2.57 bits per heavy atom. The van der Waals surface area contributed by atoms with E-state index < -0.39 is 0 Å². The van der Waals surface area contributed by atoms with Crippen molar-refractivity contribution in [2.24, 2.45) is 0 Å². The first-order valence-electron chi connectivity index (χ1n) is 2.39. The van der Waals surface area contributed by atoms with Gasteiger partial charge in [-0.2, -0.15) is 0 Å². The molecule has 0 aromatic rings. The van der Waals surface area contributed by atoms with Crippen LogP contribution in [0.3, 0.4) is 0 Å². The first-order valence-corrected chi connectivity index (χ1v) is 2.86. The average Bonchev–Trinajstić information content (AvgIpc) is 2.14. The van der Waals surface area contributed by atoms with Crippen molar-refractivity contribution in [1.82, 2.24) is 10.4 Å². The third-order valence-corrected chi connectivity index (χ3v) is 1.27. The number of rotatable bonds is 1. The number of thiocarbonyl (C=S) groups is 1. The summed E-state index contributed by atoms with van der Waals surface area (Å²) in [4.78, 5) is 0. The van der Waals surface area contributed by atoms with Crippen LogP contribution >= 0.6 is 12.2 Å². The molecule has 40 valence electrons. The van der Waals surface area contributed by atoms with Gasteiger partial charge in [0.2, 0.25) is 0 Å². The van der Waals surface area contributed by atoms with Gasteiger partial charge in [-0.25, -0.2) is 5.43 Å². The quantitative estimate of drug-likeness (QED) is 0.491. The molecule has 0 aromatic heterocycles. The molecule has 0 saturated carbocycles. The van der Waals surface area contributed by atoms with Crippen LogP contribution in [0.5, 0.6) is 0 Å². The van der Waals surface area contributed by atoms with Crippen molar-refractivity contribution in [1.29, 1.82) is 0 Å². The zero-order valence-electron chi connectivity index (χ0n) is 4.05. The predicted molar refractivity (Wildman–Crippen MR) is 33.0 cm³/mol. The van der Waals surface area contributed by atoms with Gasteiger partial charge >= 0.3 is 0 Å². The van der Waals surface area contributed by atoms with Gasteiger partial charge < -0.3 is 5.01 Å². The van der Waals surface area contributed by atoms with Crippen molar-refractivity contribution in [2.45, 2.75) is 6.42 Å². The Bertz CT molecular complexity index is 68.1. The van der Waals surface area contributed by atoms with Crippen LogP contribution in [0, 0.1) is 0 Å². The summed E-state index contributed by atoms with van der Waals surface area (Å²) in [6.07, 6.45) is 1.22. The van der Waals surface area contributed by atoms with Crippen molar-refractivity contribution in [2.75, 3.05) is 13.1 Å². The Balaban J connectivity index is 2.26. The lowest BCUT2D eigenvalue weighted by molar-refractivity contribution is 0.423. The van der Waals surface area contributed by atoms with Gasteiger partial charge in [0.05, 0.1) is 5.49 Å². The van der Waals surface area contributed by atoms with Crippen molar-refractivity contribution < 1.29 is 0 Å². The molecule has 1 heterocycles. The molecule has 0 aromatic carbocycles. The Kier molecular flexibility index (Phi) is 1.59. The lowest BCUT2D eigenvalue weighted by atomic mass is 10.5. The molecule has 1 N–H and O–H groups in total. The minimum atomic E-state index is 1.07. The summed E-state index contributed by atoms with van der Waals surface area (Å²) in [6.45, 7) is 2.15. The number of nitrogens with one attached hydrogen (secondary N) is 1. The largest absolute Gasteiger partial charge is 0.305 e. The zero-order valence-corrected chi connectivity index (χ0v) is 4.87. The summed E-state index contributed by atoms with van der Waals surface area (Å²) >= 11 is 4.65. The maximum atomic E-state index is 4.65. The molecule has 7 heavy (non-hydrogen) atoms. The highest BCUT2D eigenvalue weighted by atomic mass is 32.1. The molecule has 0 aliphatic carbocycles. The maximum absolute atomic E-state index is 4.65. The highest BCUT2D eigenvalue weighted by Crippen LogP contribution is 1.90. The zero-order chi connectivity index (χ0) is 5.11. The number of nitrogens with zero attached hydrogens (tertiary/aromatic N) is 1. The summed E-state index contributed by atoms with van der Waals surface area (Å²) in [7, 11) is 0. The average molecular weight is 116 g/mol. The van der Waals surface area contributed by atoms with E-state index in [1.165, 1.54) is 6.42 Å². The lowest BCUT2D eigenvalue weighted by Crippen LogP contribution is -2.27. The molecule has 1 fully saturated rings. The summed E-state index contributed by atoms with van der Waals surface area (Å²) in [5, 5.41) is 1.93. The fourth-order valence-electron chi connectivity index (χ4n) is 0.641. The van der Waals surface area contributed by atoms with Gasteiger partial charge in [-0.15, -0.1) is 0 Å². The summed E-state index contributed by atoms with van der Waals surface area (Å²) in [5.74, 6) is 0. The smallest absolute Gasteiger partial charge is 0.0787 e. The van der Waals surface area contributed by atoms with Crippen molar-refractivity contribution in [3.8, 4) is 0 Å². The molecule has 1 rings (SSSR count). The summed E-state index contributed by atoms with van der Waals surface area (Å²) in [5.41, 5.74) is 4.73. The molecule has 0 unspecified atom stereocenters. The van der Waals surface area contributed by atoms with Crippen molar-refractivity contribution in [3.05, 3.63) is 0 Å². The number of hydrogen-bond acceptors (Lipinski definition) is 2. The SMILES string of the molecule is S=CN1CCCN1. The molecule has 1 saturated heterocycles. The minimum absolute atomic E-state index is 1.07. The van der Waals surface area contributed by atoms with Crippen molar-refractivity contribution in [3.63, 3.8) is 0 Å². The molecule has 2 nitrogen and oxygen atoms in total. The molecule has 0 amide bonds. The molecule has 3 heteroatoms. The molecular weight excluding hydrogens is 108 g/mol. The van der Waals surface area contributed by atoms with Gasteiger partial charge in [-0.1, -0.05) is 12.2 Å². The van der Waals surface area contributed by atoms with E-state index in [9.17, 15) is 0 Å².